The van der Waals surface area contributed by atoms with Crippen LogP contribution in [-0.2, 0) is 5.75 Å². The number of thioether (sulfide) groups is 1. The smallest absolute Gasteiger partial charge is 0.167 e. The fourth-order valence-electron chi connectivity index (χ4n) is 3.02. The molecule has 3 heterocycles. The Hall–Kier alpha value is -3.19. The summed E-state index contributed by atoms with van der Waals surface area (Å²) in [5.74, 6) is 1.63. The van der Waals surface area contributed by atoms with Crippen molar-refractivity contribution in [2.24, 2.45) is 0 Å². The minimum Gasteiger partial charge on any atom is -0.341 e. The molecule has 0 aliphatic rings. The topological polar surface area (TPSA) is 72.3 Å². The average molecular weight is 372 g/mol. The lowest BCUT2D eigenvalue weighted by molar-refractivity contribution is 0.893. The van der Waals surface area contributed by atoms with E-state index >= 15 is 0 Å². The number of fused-ring (bicyclic) bond motifs is 2. The maximum atomic E-state index is 4.63. The minimum absolute atomic E-state index is 0.705. The molecule has 3 aromatic heterocycles. The van der Waals surface area contributed by atoms with Gasteiger partial charge in [-0.3, -0.25) is 0 Å². The Morgan fingerprint density at radius 3 is 2.74 bits per heavy atom. The summed E-state index contributed by atoms with van der Waals surface area (Å²) >= 11 is 1.63. The zero-order valence-electron chi connectivity index (χ0n) is 14.6. The molecule has 0 fully saturated rings. The van der Waals surface area contributed by atoms with Crippen molar-refractivity contribution in [1.82, 2.24) is 29.7 Å². The van der Waals surface area contributed by atoms with Crippen LogP contribution in [0.5, 0.6) is 0 Å². The van der Waals surface area contributed by atoms with Crippen LogP contribution >= 0.6 is 11.8 Å². The highest BCUT2D eigenvalue weighted by atomic mass is 32.2. The van der Waals surface area contributed by atoms with Crippen molar-refractivity contribution in [2.75, 3.05) is 0 Å². The zero-order valence-corrected chi connectivity index (χ0v) is 15.4. The van der Waals surface area contributed by atoms with Crippen LogP contribution in [-0.4, -0.2) is 29.7 Å². The number of imidazole rings is 1. The molecule has 7 heteroatoms. The fraction of sp³-hybridized carbons (Fsp3) is 0.100. The molecule has 5 aromatic rings. The Morgan fingerprint density at radius 2 is 1.89 bits per heavy atom. The predicted molar refractivity (Wildman–Crippen MR) is 107 cm³/mol. The van der Waals surface area contributed by atoms with Gasteiger partial charge in [0.1, 0.15) is 17.2 Å². The molecule has 0 saturated heterocycles. The molecule has 0 aliphatic heterocycles. The summed E-state index contributed by atoms with van der Waals surface area (Å²) in [6.45, 7) is 2.07. The van der Waals surface area contributed by atoms with Crippen LogP contribution in [0.2, 0.25) is 0 Å². The van der Waals surface area contributed by atoms with Gasteiger partial charge in [-0.25, -0.2) is 19.6 Å². The lowest BCUT2D eigenvalue weighted by Crippen LogP contribution is -1.98. The van der Waals surface area contributed by atoms with Gasteiger partial charge in [0.25, 0.3) is 0 Å². The second kappa shape index (κ2) is 6.51. The first-order valence-corrected chi connectivity index (χ1v) is 9.59. The monoisotopic (exact) mass is 372 g/mol. The Labute approximate surface area is 159 Å². The summed E-state index contributed by atoms with van der Waals surface area (Å²) in [6, 6.07) is 16.3. The number of aryl methyl sites for hydroxylation is 1. The molecule has 132 valence electrons. The third-order valence-corrected chi connectivity index (χ3v) is 5.41. The van der Waals surface area contributed by atoms with E-state index in [9.17, 15) is 0 Å². The van der Waals surface area contributed by atoms with Gasteiger partial charge in [-0.15, -0.1) is 0 Å². The van der Waals surface area contributed by atoms with Gasteiger partial charge in [-0.1, -0.05) is 41.6 Å². The third-order valence-electron chi connectivity index (χ3n) is 4.39. The molecular formula is C20H16N6S. The Morgan fingerprint density at radius 1 is 1.04 bits per heavy atom. The van der Waals surface area contributed by atoms with Crippen LogP contribution < -0.4 is 0 Å². The molecule has 0 radical (unpaired) electrons. The number of aromatic nitrogens is 6. The third kappa shape index (κ3) is 2.96. The Bertz CT molecular complexity index is 1210. The molecule has 0 unspecified atom stereocenters. The highest BCUT2D eigenvalue weighted by Gasteiger charge is 2.12. The second-order valence-electron chi connectivity index (χ2n) is 6.30. The molecule has 0 spiro atoms. The number of benzene rings is 2. The maximum Gasteiger partial charge on any atom is 0.167 e. The van der Waals surface area contributed by atoms with Crippen molar-refractivity contribution in [1.29, 1.82) is 0 Å². The van der Waals surface area contributed by atoms with E-state index in [0.717, 1.165) is 38.6 Å². The number of H-pyrrole nitrogens is 1. The first-order chi connectivity index (χ1) is 13.3. The van der Waals surface area contributed by atoms with Gasteiger partial charge < -0.3 is 4.98 Å². The Kier molecular flexibility index (Phi) is 3.86. The van der Waals surface area contributed by atoms with Gasteiger partial charge in [0.05, 0.1) is 34.1 Å². The van der Waals surface area contributed by atoms with Gasteiger partial charge in [-0.2, -0.15) is 5.10 Å². The van der Waals surface area contributed by atoms with Gasteiger partial charge >= 0.3 is 0 Å². The summed E-state index contributed by atoms with van der Waals surface area (Å²) in [5.41, 5.74) is 5.04. The van der Waals surface area contributed by atoms with Crippen LogP contribution in [0.4, 0.5) is 0 Å². The molecule has 0 aliphatic carbocycles. The van der Waals surface area contributed by atoms with Crippen molar-refractivity contribution in [2.45, 2.75) is 17.7 Å². The largest absolute Gasteiger partial charge is 0.341 e. The van der Waals surface area contributed by atoms with Gasteiger partial charge in [0.2, 0.25) is 0 Å². The summed E-state index contributed by atoms with van der Waals surface area (Å²) in [4.78, 5) is 16.9. The van der Waals surface area contributed by atoms with E-state index in [1.54, 1.807) is 18.1 Å². The van der Waals surface area contributed by atoms with Gasteiger partial charge in [0, 0.05) is 0 Å². The molecule has 2 aromatic carbocycles. The number of rotatable bonds is 4. The van der Waals surface area contributed by atoms with Crippen molar-refractivity contribution in [3.63, 3.8) is 0 Å². The highest BCUT2D eigenvalue weighted by molar-refractivity contribution is 7.98. The predicted octanol–water partition coefficient (Wildman–Crippen LogP) is 4.29. The van der Waals surface area contributed by atoms with E-state index < -0.39 is 0 Å². The normalized spacial score (nSPS) is 11.4. The number of nitrogens with one attached hydrogen (secondary N) is 1. The van der Waals surface area contributed by atoms with Crippen LogP contribution in [0, 0.1) is 6.92 Å². The van der Waals surface area contributed by atoms with E-state index in [0.29, 0.717) is 5.75 Å². The molecule has 0 saturated carbocycles. The summed E-state index contributed by atoms with van der Waals surface area (Å²) in [6.07, 6.45) is 3.42. The van der Waals surface area contributed by atoms with Gasteiger partial charge in [0.15, 0.2) is 5.65 Å². The van der Waals surface area contributed by atoms with Crippen LogP contribution in [0.15, 0.2) is 66.1 Å². The van der Waals surface area contributed by atoms with Crippen molar-refractivity contribution in [3.05, 3.63) is 72.4 Å². The first kappa shape index (κ1) is 16.0. The molecule has 5 rings (SSSR count). The highest BCUT2D eigenvalue weighted by Crippen LogP contribution is 2.28. The fourth-order valence-corrected chi connectivity index (χ4v) is 3.85. The van der Waals surface area contributed by atoms with Crippen LogP contribution in [0.3, 0.4) is 0 Å². The molecule has 1 N–H and O–H groups in total. The van der Waals surface area contributed by atoms with Crippen LogP contribution in [0.1, 0.15) is 11.4 Å². The molecule has 0 atom stereocenters. The van der Waals surface area contributed by atoms with E-state index in [4.69, 9.17) is 0 Å². The molecule has 27 heavy (non-hydrogen) atoms. The molecular weight excluding hydrogens is 356 g/mol. The molecule has 6 nitrogen and oxygen atoms in total. The summed E-state index contributed by atoms with van der Waals surface area (Å²) in [7, 11) is 0. The van der Waals surface area contributed by atoms with E-state index in [1.165, 1.54) is 5.56 Å². The SMILES string of the molecule is Cc1ccc(-n2ncc3c(SCc4nc5ccccc5[nH]4)ncnc32)cc1. The molecule has 0 bridgehead atoms. The lowest BCUT2D eigenvalue weighted by atomic mass is 10.2. The summed E-state index contributed by atoms with van der Waals surface area (Å²) < 4.78 is 1.85. The number of hydrogen-bond donors (Lipinski definition) is 1. The maximum absolute atomic E-state index is 4.63. The number of para-hydroxylation sites is 2. The Balaban J connectivity index is 1.46. The summed E-state index contributed by atoms with van der Waals surface area (Å²) in [5, 5.41) is 6.37. The first-order valence-electron chi connectivity index (χ1n) is 8.60. The quantitative estimate of drug-likeness (QED) is 0.376. The van der Waals surface area contributed by atoms with Crippen molar-refractivity contribution >= 4 is 33.8 Å². The zero-order chi connectivity index (χ0) is 18.2. The number of nitrogens with zero attached hydrogens (tertiary/aromatic N) is 5. The van der Waals surface area contributed by atoms with Crippen molar-refractivity contribution in [3.8, 4) is 5.69 Å². The van der Waals surface area contributed by atoms with Gasteiger partial charge in [-0.05, 0) is 31.2 Å². The van der Waals surface area contributed by atoms with E-state index in [-0.39, 0.29) is 0 Å². The van der Waals surface area contributed by atoms with Crippen molar-refractivity contribution < 1.29 is 0 Å². The van der Waals surface area contributed by atoms with E-state index in [1.807, 2.05) is 47.3 Å². The average Bonchev–Trinajstić information content (AvgIpc) is 3.31. The minimum atomic E-state index is 0.705. The number of aromatic amines is 1. The lowest BCUT2D eigenvalue weighted by Gasteiger charge is -2.04. The van der Waals surface area contributed by atoms with Crippen LogP contribution in [0.25, 0.3) is 27.8 Å². The second-order valence-corrected chi connectivity index (χ2v) is 7.26. The number of hydrogen-bond acceptors (Lipinski definition) is 5. The van der Waals surface area contributed by atoms with E-state index in [2.05, 4.69) is 44.1 Å². The molecule has 0 amide bonds. The standard InChI is InChI=1S/C20H16N6S/c1-13-6-8-14(9-7-13)26-19-15(10-23-26)20(22-12-21-19)27-11-18-24-16-4-2-3-5-17(16)25-18/h2-10,12H,11H2,1H3,(H,24,25).